The molecule has 0 spiro atoms. The van der Waals surface area contributed by atoms with Gasteiger partial charge in [-0.1, -0.05) is 53.7 Å². The monoisotopic (exact) mass is 455 g/mol. The number of nitrogens with one attached hydrogen (secondary N) is 1. The van der Waals surface area contributed by atoms with Gasteiger partial charge in [0.1, 0.15) is 6.54 Å². The number of thioether (sulfide) groups is 1. The van der Waals surface area contributed by atoms with E-state index in [1.165, 1.54) is 11.5 Å². The maximum Gasteiger partial charge on any atom is 0.405 e. The molecule has 1 unspecified atom stereocenters. The molecule has 0 saturated heterocycles. The van der Waals surface area contributed by atoms with Gasteiger partial charge in [0.15, 0.2) is 5.16 Å². The molecule has 2 aromatic carbocycles. The Balaban J connectivity index is 1.97. The summed E-state index contributed by atoms with van der Waals surface area (Å²) in [6, 6.07) is 13.7. The number of fused-ring (bicyclic) bond motifs is 1. The van der Waals surface area contributed by atoms with Crippen molar-refractivity contribution in [1.29, 1.82) is 0 Å². The molecular weight excluding hydrogens is 439 g/mol. The Morgan fingerprint density at radius 3 is 2.57 bits per heavy atom. The second-order valence-electron chi connectivity index (χ2n) is 6.49. The summed E-state index contributed by atoms with van der Waals surface area (Å²) in [5, 5.41) is 2.02. The van der Waals surface area contributed by atoms with E-state index in [1.807, 2.05) is 5.32 Å². The van der Waals surface area contributed by atoms with Gasteiger partial charge in [0.2, 0.25) is 5.91 Å². The number of rotatable bonds is 6. The molecular formula is C20H17ClF3N3O2S. The summed E-state index contributed by atoms with van der Waals surface area (Å²) >= 11 is 7.14. The molecule has 1 N–H and O–H groups in total. The standard InChI is InChI=1S/C20H17ClF3N3O2S/c1-12(17(28)25-11-20(22,23)24)30-19-26-16-9-5-3-7-14(16)18(29)27(19)10-13-6-2-4-8-15(13)21/h2-9,12H,10-11H2,1H3,(H,25,28). The Hall–Kier alpha value is -2.52. The number of amides is 1. The van der Waals surface area contributed by atoms with Crippen LogP contribution in [0, 0.1) is 0 Å². The minimum atomic E-state index is -4.51. The van der Waals surface area contributed by atoms with Crippen LogP contribution >= 0.6 is 23.4 Å². The van der Waals surface area contributed by atoms with Crippen LogP contribution in [0.2, 0.25) is 5.02 Å². The van der Waals surface area contributed by atoms with E-state index in [4.69, 9.17) is 11.6 Å². The molecule has 0 fully saturated rings. The fraction of sp³-hybridized carbons (Fsp3) is 0.250. The third-order valence-corrected chi connectivity index (χ3v) is 5.69. The van der Waals surface area contributed by atoms with E-state index in [2.05, 4.69) is 4.98 Å². The van der Waals surface area contributed by atoms with Gasteiger partial charge >= 0.3 is 6.18 Å². The number of benzene rings is 2. The third kappa shape index (κ3) is 5.34. The summed E-state index contributed by atoms with van der Waals surface area (Å²) in [5.41, 5.74) is 0.781. The van der Waals surface area contributed by atoms with E-state index >= 15 is 0 Å². The lowest BCUT2D eigenvalue weighted by Crippen LogP contribution is -2.38. The molecule has 0 saturated carbocycles. The van der Waals surface area contributed by atoms with E-state index in [0.29, 0.717) is 21.5 Å². The molecule has 1 amide bonds. The summed E-state index contributed by atoms with van der Waals surface area (Å²) in [6.07, 6.45) is -4.51. The fourth-order valence-corrected chi connectivity index (χ4v) is 3.84. The van der Waals surface area contributed by atoms with Crippen LogP contribution in [-0.2, 0) is 11.3 Å². The highest BCUT2D eigenvalue weighted by Gasteiger charge is 2.29. The zero-order valence-corrected chi connectivity index (χ0v) is 17.3. The maximum absolute atomic E-state index is 13.1. The summed E-state index contributed by atoms with van der Waals surface area (Å²) < 4.78 is 38.5. The van der Waals surface area contributed by atoms with Gasteiger partial charge < -0.3 is 5.32 Å². The number of para-hydroxylation sites is 1. The van der Waals surface area contributed by atoms with Crippen LogP contribution in [0.1, 0.15) is 12.5 Å². The third-order valence-electron chi connectivity index (χ3n) is 4.23. The van der Waals surface area contributed by atoms with Crippen molar-refractivity contribution in [2.75, 3.05) is 6.54 Å². The zero-order valence-electron chi connectivity index (χ0n) is 15.7. The Morgan fingerprint density at radius 1 is 1.20 bits per heavy atom. The topological polar surface area (TPSA) is 64.0 Å². The lowest BCUT2D eigenvalue weighted by atomic mass is 10.2. The molecule has 0 bridgehead atoms. The normalized spacial score (nSPS) is 12.7. The number of carbonyl (C=O) groups excluding carboxylic acids is 1. The first kappa shape index (κ1) is 22.2. The van der Waals surface area contributed by atoms with Crippen molar-refractivity contribution >= 4 is 40.2 Å². The maximum atomic E-state index is 13.1. The predicted octanol–water partition coefficient (Wildman–Crippen LogP) is 4.26. The van der Waals surface area contributed by atoms with Crippen LogP contribution < -0.4 is 10.9 Å². The fourth-order valence-electron chi connectivity index (χ4n) is 2.72. The van der Waals surface area contributed by atoms with Gasteiger partial charge in [0, 0.05) is 5.02 Å². The van der Waals surface area contributed by atoms with Crippen LogP contribution in [-0.4, -0.2) is 33.4 Å². The van der Waals surface area contributed by atoms with Crippen LogP contribution in [0.15, 0.2) is 58.5 Å². The van der Waals surface area contributed by atoms with E-state index in [1.54, 1.807) is 48.5 Å². The molecule has 0 aliphatic heterocycles. The lowest BCUT2D eigenvalue weighted by molar-refractivity contribution is -0.137. The second kappa shape index (κ2) is 9.09. The molecule has 1 aromatic heterocycles. The molecule has 1 heterocycles. The molecule has 158 valence electrons. The summed E-state index contributed by atoms with van der Waals surface area (Å²) in [6.45, 7) is 0.140. The van der Waals surface area contributed by atoms with Gasteiger partial charge in [-0.05, 0) is 30.7 Å². The Morgan fingerprint density at radius 2 is 1.87 bits per heavy atom. The van der Waals surface area contributed by atoms with Gasteiger partial charge in [0.05, 0.1) is 22.7 Å². The molecule has 3 rings (SSSR count). The largest absolute Gasteiger partial charge is 0.405 e. The Kier molecular flexibility index (Phi) is 6.72. The molecule has 5 nitrogen and oxygen atoms in total. The van der Waals surface area contributed by atoms with Gasteiger partial charge in [-0.3, -0.25) is 14.2 Å². The van der Waals surface area contributed by atoms with E-state index in [0.717, 1.165) is 11.8 Å². The number of hydrogen-bond donors (Lipinski definition) is 1. The van der Waals surface area contributed by atoms with Crippen molar-refractivity contribution < 1.29 is 18.0 Å². The highest BCUT2D eigenvalue weighted by Crippen LogP contribution is 2.25. The van der Waals surface area contributed by atoms with Crippen molar-refractivity contribution in [2.45, 2.75) is 30.1 Å². The molecule has 0 aliphatic carbocycles. The summed E-state index contributed by atoms with van der Waals surface area (Å²) in [5.74, 6) is -0.802. The van der Waals surface area contributed by atoms with Crippen molar-refractivity contribution in [3.05, 3.63) is 69.5 Å². The van der Waals surface area contributed by atoms with Crippen molar-refractivity contribution in [3.63, 3.8) is 0 Å². The lowest BCUT2D eigenvalue weighted by Gasteiger charge is -2.17. The minimum Gasteiger partial charge on any atom is -0.346 e. The molecule has 0 radical (unpaired) electrons. The highest BCUT2D eigenvalue weighted by molar-refractivity contribution is 8.00. The first-order valence-electron chi connectivity index (χ1n) is 8.90. The van der Waals surface area contributed by atoms with Crippen LogP contribution in [0.4, 0.5) is 13.2 Å². The number of halogens is 4. The quantitative estimate of drug-likeness (QED) is 0.445. The Labute approximate surface area is 179 Å². The first-order chi connectivity index (χ1) is 14.2. The molecule has 3 aromatic rings. The van der Waals surface area contributed by atoms with Gasteiger partial charge in [-0.2, -0.15) is 13.2 Å². The van der Waals surface area contributed by atoms with Crippen LogP contribution in [0.5, 0.6) is 0 Å². The molecule has 10 heteroatoms. The van der Waals surface area contributed by atoms with Gasteiger partial charge in [-0.15, -0.1) is 0 Å². The van der Waals surface area contributed by atoms with Crippen molar-refractivity contribution in [2.24, 2.45) is 0 Å². The average molecular weight is 456 g/mol. The van der Waals surface area contributed by atoms with Crippen molar-refractivity contribution in [3.8, 4) is 0 Å². The van der Waals surface area contributed by atoms with Gasteiger partial charge in [0.25, 0.3) is 5.56 Å². The minimum absolute atomic E-state index is 0.107. The van der Waals surface area contributed by atoms with Crippen LogP contribution in [0.25, 0.3) is 10.9 Å². The van der Waals surface area contributed by atoms with E-state index < -0.39 is 23.9 Å². The number of hydrogen-bond acceptors (Lipinski definition) is 4. The molecule has 1 atom stereocenters. The second-order valence-corrected chi connectivity index (χ2v) is 8.20. The SMILES string of the molecule is CC(Sc1nc2ccccc2c(=O)n1Cc1ccccc1Cl)C(=O)NCC(F)(F)F. The van der Waals surface area contributed by atoms with Gasteiger partial charge in [-0.25, -0.2) is 4.98 Å². The number of aromatic nitrogens is 2. The number of alkyl halides is 3. The number of carbonyl (C=O) groups is 1. The Bertz CT molecular complexity index is 1130. The first-order valence-corrected chi connectivity index (χ1v) is 10.2. The van der Waals surface area contributed by atoms with Crippen molar-refractivity contribution in [1.82, 2.24) is 14.9 Å². The van der Waals surface area contributed by atoms with Crippen LogP contribution in [0.3, 0.4) is 0 Å². The zero-order chi connectivity index (χ0) is 21.9. The smallest absolute Gasteiger partial charge is 0.346 e. The average Bonchev–Trinajstić information content (AvgIpc) is 2.69. The predicted molar refractivity (Wildman–Crippen MR) is 111 cm³/mol. The highest BCUT2D eigenvalue weighted by atomic mass is 35.5. The summed E-state index contributed by atoms with van der Waals surface area (Å²) in [4.78, 5) is 29.7. The molecule has 30 heavy (non-hydrogen) atoms. The van der Waals surface area contributed by atoms with E-state index in [-0.39, 0.29) is 17.3 Å². The van der Waals surface area contributed by atoms with E-state index in [9.17, 15) is 22.8 Å². The summed E-state index contributed by atoms with van der Waals surface area (Å²) in [7, 11) is 0. The number of nitrogens with zero attached hydrogens (tertiary/aromatic N) is 2. The molecule has 0 aliphatic rings.